The van der Waals surface area contributed by atoms with Gasteiger partial charge < -0.3 is 11.1 Å². The van der Waals surface area contributed by atoms with Crippen molar-refractivity contribution in [1.29, 1.82) is 0 Å². The monoisotopic (exact) mass is 278 g/mol. The maximum absolute atomic E-state index is 12.9. The minimum Gasteiger partial charge on any atom is -0.352 e. The van der Waals surface area contributed by atoms with Gasteiger partial charge in [-0.05, 0) is 62.7 Å². The van der Waals surface area contributed by atoms with Crippen molar-refractivity contribution in [2.45, 2.75) is 70.8 Å². The highest BCUT2D eigenvalue weighted by Gasteiger charge is 2.54. The fourth-order valence-electron chi connectivity index (χ4n) is 5.43. The first-order valence-corrected chi connectivity index (χ1v) is 8.66. The van der Waals surface area contributed by atoms with Crippen molar-refractivity contribution in [3.63, 3.8) is 0 Å². The summed E-state index contributed by atoms with van der Waals surface area (Å²) in [6, 6.07) is 0.190. The second kappa shape index (κ2) is 5.67. The molecule has 0 aromatic rings. The molecule has 0 saturated heterocycles. The Labute approximate surface area is 123 Å². The van der Waals surface area contributed by atoms with Crippen molar-refractivity contribution in [3.05, 3.63) is 0 Å². The van der Waals surface area contributed by atoms with Gasteiger partial charge in [-0.15, -0.1) is 0 Å². The number of carbonyl (C=O) groups is 1. The summed E-state index contributed by atoms with van der Waals surface area (Å²) >= 11 is 0. The Bertz CT molecular complexity index is 331. The fourth-order valence-corrected chi connectivity index (χ4v) is 5.43. The fraction of sp³-hybridized carbons (Fsp3) is 0.941. The molecule has 3 N–H and O–H groups in total. The Hall–Kier alpha value is -0.570. The summed E-state index contributed by atoms with van der Waals surface area (Å²) < 4.78 is 0. The van der Waals surface area contributed by atoms with E-state index in [9.17, 15) is 4.79 Å². The highest BCUT2D eigenvalue weighted by molar-refractivity contribution is 5.83. The van der Waals surface area contributed by atoms with E-state index in [2.05, 4.69) is 12.2 Å². The summed E-state index contributed by atoms with van der Waals surface area (Å²) in [4.78, 5) is 12.9. The van der Waals surface area contributed by atoms with Crippen LogP contribution in [-0.2, 0) is 4.79 Å². The zero-order chi connectivity index (χ0) is 14.2. The van der Waals surface area contributed by atoms with Gasteiger partial charge in [0.1, 0.15) is 0 Å². The molecule has 0 aromatic heterocycles. The topological polar surface area (TPSA) is 55.1 Å². The SMILES string of the molecule is CCCCC(CN)NC(=O)C12CC3CC(CC(C3)C1)C2. The highest BCUT2D eigenvalue weighted by atomic mass is 16.2. The Morgan fingerprint density at radius 3 is 2.20 bits per heavy atom. The van der Waals surface area contributed by atoms with E-state index >= 15 is 0 Å². The molecule has 4 saturated carbocycles. The largest absolute Gasteiger partial charge is 0.352 e. The van der Waals surface area contributed by atoms with E-state index in [1.807, 2.05) is 0 Å². The molecule has 4 rings (SSSR count). The zero-order valence-corrected chi connectivity index (χ0v) is 12.9. The zero-order valence-electron chi connectivity index (χ0n) is 12.9. The van der Waals surface area contributed by atoms with Gasteiger partial charge in [0.05, 0.1) is 0 Å². The lowest BCUT2D eigenvalue weighted by atomic mass is 9.49. The van der Waals surface area contributed by atoms with Crippen LogP contribution in [0.1, 0.15) is 64.7 Å². The predicted molar refractivity (Wildman–Crippen MR) is 81.1 cm³/mol. The number of unbranched alkanes of at least 4 members (excludes halogenated alkanes) is 1. The first-order valence-electron chi connectivity index (χ1n) is 8.66. The molecule has 0 aliphatic heterocycles. The summed E-state index contributed by atoms with van der Waals surface area (Å²) in [7, 11) is 0. The second-order valence-corrected chi connectivity index (χ2v) is 7.75. The van der Waals surface area contributed by atoms with Crippen molar-refractivity contribution in [3.8, 4) is 0 Å². The third-order valence-corrected chi connectivity index (χ3v) is 6.05. The number of amides is 1. The van der Waals surface area contributed by atoms with Gasteiger partial charge in [0.15, 0.2) is 0 Å². The van der Waals surface area contributed by atoms with Crippen molar-refractivity contribution in [1.82, 2.24) is 5.32 Å². The third-order valence-electron chi connectivity index (χ3n) is 6.05. The maximum atomic E-state index is 12.9. The molecule has 3 heteroatoms. The Balaban J connectivity index is 1.64. The lowest BCUT2D eigenvalue weighted by molar-refractivity contribution is -0.147. The predicted octanol–water partition coefficient (Wildman–Crippen LogP) is 2.84. The molecule has 1 amide bonds. The molecule has 0 radical (unpaired) electrons. The van der Waals surface area contributed by atoms with Gasteiger partial charge in [-0.3, -0.25) is 4.79 Å². The molecule has 4 aliphatic rings. The number of hydrogen-bond donors (Lipinski definition) is 2. The van der Waals surface area contributed by atoms with Crippen molar-refractivity contribution >= 4 is 5.91 Å². The molecule has 0 heterocycles. The molecule has 4 bridgehead atoms. The van der Waals surface area contributed by atoms with Crippen molar-refractivity contribution in [2.24, 2.45) is 28.9 Å². The maximum Gasteiger partial charge on any atom is 0.226 e. The van der Waals surface area contributed by atoms with E-state index < -0.39 is 0 Å². The first-order chi connectivity index (χ1) is 9.65. The summed E-state index contributed by atoms with van der Waals surface area (Å²) in [5, 5.41) is 3.29. The smallest absolute Gasteiger partial charge is 0.226 e. The van der Waals surface area contributed by atoms with Gasteiger partial charge in [0.2, 0.25) is 5.91 Å². The van der Waals surface area contributed by atoms with Crippen molar-refractivity contribution in [2.75, 3.05) is 6.54 Å². The number of rotatable bonds is 6. The van der Waals surface area contributed by atoms with E-state index in [1.54, 1.807) is 0 Å². The Kier molecular flexibility index (Phi) is 4.07. The van der Waals surface area contributed by atoms with Crippen LogP contribution in [0, 0.1) is 23.2 Å². The summed E-state index contributed by atoms with van der Waals surface area (Å²) in [6.07, 6.45) is 11.0. The van der Waals surface area contributed by atoms with E-state index in [0.29, 0.717) is 12.5 Å². The van der Waals surface area contributed by atoms with E-state index in [1.165, 1.54) is 25.7 Å². The highest BCUT2D eigenvalue weighted by Crippen LogP contribution is 2.60. The molecule has 0 aromatic carbocycles. The second-order valence-electron chi connectivity index (χ2n) is 7.75. The van der Waals surface area contributed by atoms with Gasteiger partial charge >= 0.3 is 0 Å². The van der Waals surface area contributed by atoms with Crippen LogP contribution in [0.25, 0.3) is 0 Å². The van der Waals surface area contributed by atoms with Gasteiger partial charge in [-0.2, -0.15) is 0 Å². The quantitative estimate of drug-likeness (QED) is 0.785. The Morgan fingerprint density at radius 2 is 1.75 bits per heavy atom. The molecule has 114 valence electrons. The normalized spacial score (nSPS) is 39.8. The van der Waals surface area contributed by atoms with Crippen molar-refractivity contribution < 1.29 is 4.79 Å². The molecule has 0 spiro atoms. The van der Waals surface area contributed by atoms with Crippen LogP contribution in [0.4, 0.5) is 0 Å². The average Bonchev–Trinajstić information content (AvgIpc) is 2.41. The minimum absolute atomic E-state index is 0.0195. The minimum atomic E-state index is -0.0195. The summed E-state index contributed by atoms with van der Waals surface area (Å²) in [5.41, 5.74) is 5.82. The van der Waals surface area contributed by atoms with Crippen LogP contribution in [0.5, 0.6) is 0 Å². The first kappa shape index (κ1) is 14.4. The number of nitrogens with two attached hydrogens (primary N) is 1. The Morgan fingerprint density at radius 1 is 1.20 bits per heavy atom. The van der Waals surface area contributed by atoms with E-state index in [4.69, 9.17) is 5.73 Å². The van der Waals surface area contributed by atoms with E-state index in [-0.39, 0.29) is 11.5 Å². The molecule has 1 unspecified atom stereocenters. The lowest BCUT2D eigenvalue weighted by Gasteiger charge is -2.55. The average molecular weight is 278 g/mol. The van der Waals surface area contributed by atoms with Crippen LogP contribution in [0.3, 0.4) is 0 Å². The van der Waals surface area contributed by atoms with Crippen LogP contribution < -0.4 is 11.1 Å². The number of nitrogens with one attached hydrogen (secondary N) is 1. The van der Waals surface area contributed by atoms with Gasteiger partial charge in [-0.1, -0.05) is 19.8 Å². The van der Waals surface area contributed by atoms with Gasteiger partial charge in [0, 0.05) is 18.0 Å². The lowest BCUT2D eigenvalue weighted by Crippen LogP contribution is -2.56. The van der Waals surface area contributed by atoms with Crippen LogP contribution in [0.2, 0.25) is 0 Å². The number of carbonyl (C=O) groups excluding carboxylic acids is 1. The molecular formula is C17H30N2O. The molecule has 3 nitrogen and oxygen atoms in total. The van der Waals surface area contributed by atoms with E-state index in [0.717, 1.165) is 49.9 Å². The molecule has 20 heavy (non-hydrogen) atoms. The number of hydrogen-bond acceptors (Lipinski definition) is 2. The molecular weight excluding hydrogens is 248 g/mol. The van der Waals surface area contributed by atoms with Crippen LogP contribution in [0.15, 0.2) is 0 Å². The van der Waals surface area contributed by atoms with Gasteiger partial charge in [-0.25, -0.2) is 0 Å². The third kappa shape index (κ3) is 2.61. The van der Waals surface area contributed by atoms with Crippen LogP contribution in [-0.4, -0.2) is 18.5 Å². The molecule has 4 fully saturated rings. The molecule has 4 aliphatic carbocycles. The van der Waals surface area contributed by atoms with Crippen LogP contribution >= 0.6 is 0 Å². The standard InChI is InChI=1S/C17H30N2O/c1-2-3-4-15(11-18)19-16(20)17-8-12-5-13(9-17)7-14(6-12)10-17/h12-15H,2-11,18H2,1H3,(H,19,20). The summed E-state index contributed by atoms with van der Waals surface area (Å²) in [6.45, 7) is 2.77. The molecule has 1 atom stereocenters. The summed E-state index contributed by atoms with van der Waals surface area (Å²) in [5.74, 6) is 2.83. The van der Waals surface area contributed by atoms with Gasteiger partial charge in [0.25, 0.3) is 0 Å².